The second kappa shape index (κ2) is 7.37. The van der Waals surface area contributed by atoms with Gasteiger partial charge in [0.1, 0.15) is 0 Å². The highest BCUT2D eigenvalue weighted by Gasteiger charge is 2.62. The van der Waals surface area contributed by atoms with Gasteiger partial charge in [0.05, 0.1) is 5.60 Å². The van der Waals surface area contributed by atoms with Crippen LogP contribution in [0.1, 0.15) is 91.9 Å². The van der Waals surface area contributed by atoms with Gasteiger partial charge in [-0.15, -0.1) is 0 Å². The van der Waals surface area contributed by atoms with Crippen LogP contribution in [0, 0.1) is 46.3 Å². The van der Waals surface area contributed by atoms with Gasteiger partial charge in [-0.25, -0.2) is 0 Å². The third-order valence-electron chi connectivity index (χ3n) is 11.0. The number of aliphatic hydroxyl groups is 2. The summed E-state index contributed by atoms with van der Waals surface area (Å²) in [5.41, 5.74) is -0.322. The van der Waals surface area contributed by atoms with Crippen LogP contribution in [0.15, 0.2) is 0 Å². The van der Waals surface area contributed by atoms with E-state index in [1.807, 2.05) is 0 Å². The Kier molecular flexibility index (Phi) is 5.62. The van der Waals surface area contributed by atoms with Crippen molar-refractivity contribution in [1.29, 1.82) is 0 Å². The van der Waals surface area contributed by atoms with Crippen molar-refractivity contribution in [2.24, 2.45) is 46.3 Å². The lowest BCUT2D eigenvalue weighted by atomic mass is 9.43. The first-order valence-electron chi connectivity index (χ1n) is 12.3. The van der Waals surface area contributed by atoms with Gasteiger partial charge in [-0.1, -0.05) is 27.7 Å². The summed E-state index contributed by atoms with van der Waals surface area (Å²) >= 11 is 0. The minimum atomic E-state index is -4.53. The number of hydrogen-bond acceptors (Lipinski definition) is 2. The summed E-state index contributed by atoms with van der Waals surface area (Å²) in [6.07, 6.45) is 3.19. The summed E-state index contributed by atoms with van der Waals surface area (Å²) in [7, 11) is 0. The first kappa shape index (κ1) is 22.9. The molecule has 0 aromatic rings. The van der Waals surface area contributed by atoms with Gasteiger partial charge >= 0.3 is 6.18 Å². The van der Waals surface area contributed by atoms with E-state index in [2.05, 4.69) is 20.8 Å². The van der Waals surface area contributed by atoms with E-state index in [1.165, 1.54) is 0 Å². The van der Waals surface area contributed by atoms with E-state index >= 15 is 0 Å². The van der Waals surface area contributed by atoms with E-state index in [-0.39, 0.29) is 16.7 Å². The zero-order valence-electron chi connectivity index (χ0n) is 19.1. The zero-order chi connectivity index (χ0) is 22.1. The zero-order valence-corrected chi connectivity index (χ0v) is 19.1. The highest BCUT2D eigenvalue weighted by Crippen LogP contribution is 2.69. The fraction of sp³-hybridized carbons (Fsp3) is 1.00. The van der Waals surface area contributed by atoms with Gasteiger partial charge in [0, 0.05) is 0 Å². The van der Waals surface area contributed by atoms with Crippen molar-refractivity contribution in [3.63, 3.8) is 0 Å². The Morgan fingerprint density at radius 1 is 0.933 bits per heavy atom. The largest absolute Gasteiger partial charge is 0.414 e. The van der Waals surface area contributed by atoms with Gasteiger partial charge in [-0.2, -0.15) is 13.2 Å². The Bertz CT molecular complexity index is 651. The molecule has 30 heavy (non-hydrogen) atoms. The standard InChI is InChI=1S/C25H41F3O2/c1-5-24(30)13-12-22(3)16(14-24)6-7-17-19-9-8-18(15(2)21(29)25(26,27)28)23(19,4)11-10-20(17)22/h15-21,29-30H,5-14H2,1-4H3/t15-,16-,17?,18+,19-,20-,21-,22-,23?,24-/m0/s1. The third kappa shape index (κ3) is 3.36. The Balaban J connectivity index is 1.54. The minimum absolute atomic E-state index is 0.0536. The highest BCUT2D eigenvalue weighted by molar-refractivity contribution is 5.11. The summed E-state index contributed by atoms with van der Waals surface area (Å²) in [6, 6.07) is 0. The van der Waals surface area contributed by atoms with Crippen molar-refractivity contribution in [3.05, 3.63) is 0 Å². The molecule has 2 N–H and O–H groups in total. The lowest BCUT2D eigenvalue weighted by Gasteiger charge is -2.62. The fourth-order valence-corrected chi connectivity index (χ4v) is 9.07. The summed E-state index contributed by atoms with van der Waals surface area (Å²) in [5.74, 6) is 1.49. The number of fused-ring (bicyclic) bond motifs is 5. The maximum Gasteiger partial charge on any atom is 0.414 e. The molecular formula is C25H41F3O2. The smallest absolute Gasteiger partial charge is 0.390 e. The molecule has 0 bridgehead atoms. The number of rotatable bonds is 3. The van der Waals surface area contributed by atoms with E-state index in [0.717, 1.165) is 64.2 Å². The van der Waals surface area contributed by atoms with E-state index in [0.29, 0.717) is 23.7 Å². The Morgan fingerprint density at radius 2 is 1.60 bits per heavy atom. The van der Waals surface area contributed by atoms with Crippen molar-refractivity contribution in [2.75, 3.05) is 0 Å². The summed E-state index contributed by atoms with van der Waals surface area (Å²) in [6.45, 7) is 8.40. The monoisotopic (exact) mass is 430 g/mol. The van der Waals surface area contributed by atoms with E-state index in [4.69, 9.17) is 0 Å². The van der Waals surface area contributed by atoms with Gasteiger partial charge in [0.15, 0.2) is 6.10 Å². The molecule has 0 aliphatic heterocycles. The lowest BCUT2D eigenvalue weighted by Crippen LogP contribution is -2.56. The Labute approximate surface area is 180 Å². The molecule has 0 heterocycles. The first-order chi connectivity index (χ1) is 13.9. The van der Waals surface area contributed by atoms with Gasteiger partial charge < -0.3 is 10.2 Å². The second-order valence-electron chi connectivity index (χ2n) is 12.0. The van der Waals surface area contributed by atoms with E-state index in [9.17, 15) is 23.4 Å². The Hall–Kier alpha value is -0.290. The molecular weight excluding hydrogens is 389 g/mol. The lowest BCUT2D eigenvalue weighted by molar-refractivity contribution is -0.228. The quantitative estimate of drug-likeness (QED) is 0.548. The minimum Gasteiger partial charge on any atom is -0.390 e. The highest BCUT2D eigenvalue weighted by atomic mass is 19.4. The van der Waals surface area contributed by atoms with Crippen LogP contribution in [0.3, 0.4) is 0 Å². The average molecular weight is 431 g/mol. The summed E-state index contributed by atoms with van der Waals surface area (Å²) in [4.78, 5) is 0. The number of alkyl halides is 3. The van der Waals surface area contributed by atoms with Crippen LogP contribution in [0.4, 0.5) is 13.2 Å². The number of halogens is 3. The molecule has 0 aromatic heterocycles. The van der Waals surface area contributed by atoms with Gasteiger partial charge in [0.25, 0.3) is 0 Å². The van der Waals surface area contributed by atoms with Gasteiger partial charge in [0.2, 0.25) is 0 Å². The van der Waals surface area contributed by atoms with Crippen molar-refractivity contribution < 1.29 is 23.4 Å². The molecule has 2 nitrogen and oxygen atoms in total. The average Bonchev–Trinajstić information content (AvgIpc) is 3.04. The molecule has 5 heteroatoms. The normalized spacial score (nSPS) is 50.9. The van der Waals surface area contributed by atoms with Crippen LogP contribution >= 0.6 is 0 Å². The molecule has 0 aromatic carbocycles. The molecule has 0 saturated heterocycles. The molecule has 0 amide bonds. The molecule has 4 saturated carbocycles. The SMILES string of the molecule is CC[C@]1(O)CC[C@@]2(C)[C@@H](CCC3[C@@H]4CC[C@H]([C@H](C)[C@H](O)C(F)(F)F)C4(C)CC[C@@H]32)C1. The molecule has 174 valence electrons. The second-order valence-corrected chi connectivity index (χ2v) is 12.0. The van der Waals surface area contributed by atoms with Crippen molar-refractivity contribution >= 4 is 0 Å². The van der Waals surface area contributed by atoms with E-state index < -0.39 is 23.8 Å². The molecule has 0 spiro atoms. The Morgan fingerprint density at radius 3 is 2.23 bits per heavy atom. The van der Waals surface area contributed by atoms with Gasteiger partial charge in [-0.3, -0.25) is 0 Å². The number of aliphatic hydroxyl groups excluding tert-OH is 1. The predicted octanol–water partition coefficient (Wildman–Crippen LogP) is 6.35. The molecule has 10 atom stereocenters. The summed E-state index contributed by atoms with van der Waals surface area (Å²) < 4.78 is 39.7. The molecule has 4 rings (SSSR count). The van der Waals surface area contributed by atoms with Gasteiger partial charge in [-0.05, 0) is 111 Å². The van der Waals surface area contributed by atoms with Crippen LogP contribution in [0.2, 0.25) is 0 Å². The first-order valence-corrected chi connectivity index (χ1v) is 12.3. The van der Waals surface area contributed by atoms with Crippen LogP contribution < -0.4 is 0 Å². The van der Waals surface area contributed by atoms with Crippen LogP contribution in [0.25, 0.3) is 0 Å². The number of hydrogen-bond donors (Lipinski definition) is 2. The molecule has 4 aliphatic carbocycles. The van der Waals surface area contributed by atoms with Crippen molar-refractivity contribution in [2.45, 2.75) is 110 Å². The predicted molar refractivity (Wildman–Crippen MR) is 112 cm³/mol. The van der Waals surface area contributed by atoms with Crippen molar-refractivity contribution in [3.8, 4) is 0 Å². The molecule has 4 fully saturated rings. The fourth-order valence-electron chi connectivity index (χ4n) is 9.07. The third-order valence-corrected chi connectivity index (χ3v) is 11.0. The summed E-state index contributed by atoms with van der Waals surface area (Å²) in [5, 5.41) is 20.9. The van der Waals surface area contributed by atoms with Crippen LogP contribution in [-0.2, 0) is 0 Å². The van der Waals surface area contributed by atoms with Crippen molar-refractivity contribution in [1.82, 2.24) is 0 Å². The molecule has 0 radical (unpaired) electrons. The maximum absolute atomic E-state index is 13.2. The maximum atomic E-state index is 13.2. The van der Waals surface area contributed by atoms with Crippen LogP contribution in [-0.4, -0.2) is 28.1 Å². The topological polar surface area (TPSA) is 40.5 Å². The molecule has 4 aliphatic rings. The molecule has 2 unspecified atom stereocenters. The van der Waals surface area contributed by atoms with E-state index in [1.54, 1.807) is 6.92 Å². The van der Waals surface area contributed by atoms with Crippen LogP contribution in [0.5, 0.6) is 0 Å².